The number of halogens is 2. The van der Waals surface area contributed by atoms with Gasteiger partial charge in [0, 0.05) is 22.3 Å². The van der Waals surface area contributed by atoms with Crippen LogP contribution in [-0.4, -0.2) is 43.5 Å². The zero-order chi connectivity index (χ0) is 14.1. The molecule has 2 atom stereocenters. The highest BCUT2D eigenvalue weighted by atomic mass is 127. The number of anilines is 1. The van der Waals surface area contributed by atoms with Gasteiger partial charge in [-0.05, 0) is 78.2 Å². The Hall–Kier alpha value is -0.370. The zero-order valence-corrected chi connectivity index (χ0v) is 15.0. The van der Waals surface area contributed by atoms with Gasteiger partial charge in [0.2, 0.25) is 5.91 Å². The minimum absolute atomic E-state index is 0. The van der Waals surface area contributed by atoms with Crippen LogP contribution in [0.4, 0.5) is 5.69 Å². The molecule has 0 spiro atoms. The van der Waals surface area contributed by atoms with Crippen molar-refractivity contribution in [2.24, 2.45) is 11.8 Å². The van der Waals surface area contributed by atoms with Crippen molar-refractivity contribution in [3.05, 3.63) is 27.3 Å². The number of carbonyl (C=O) groups excluding carboxylic acids is 1. The quantitative estimate of drug-likeness (QED) is 0.735. The second-order valence-electron chi connectivity index (χ2n) is 5.88. The van der Waals surface area contributed by atoms with Crippen molar-refractivity contribution in [3.63, 3.8) is 0 Å². The molecule has 1 aromatic rings. The van der Waals surface area contributed by atoms with Crippen molar-refractivity contribution in [2.45, 2.75) is 6.92 Å². The van der Waals surface area contributed by atoms with E-state index in [1.807, 2.05) is 19.1 Å². The lowest BCUT2D eigenvalue weighted by Gasteiger charge is -2.17. The Kier molecular flexibility index (Phi) is 5.88. The van der Waals surface area contributed by atoms with E-state index in [0.29, 0.717) is 6.54 Å². The van der Waals surface area contributed by atoms with Crippen LogP contribution in [0.5, 0.6) is 0 Å². The highest BCUT2D eigenvalue weighted by molar-refractivity contribution is 14.1. The number of nitrogens with zero attached hydrogens (tertiary/aromatic N) is 1. The summed E-state index contributed by atoms with van der Waals surface area (Å²) in [5, 5.41) is 6.45. The topological polar surface area (TPSA) is 44.4 Å². The summed E-state index contributed by atoms with van der Waals surface area (Å²) < 4.78 is 1.19. The molecular weight excluding hydrogens is 401 g/mol. The van der Waals surface area contributed by atoms with Crippen LogP contribution in [0.1, 0.15) is 5.56 Å². The van der Waals surface area contributed by atoms with Crippen LogP contribution in [-0.2, 0) is 4.79 Å². The first kappa shape index (κ1) is 17.0. The molecule has 2 N–H and O–H groups in total. The number of nitrogens with one attached hydrogen (secondary N) is 2. The number of rotatable bonds is 3. The van der Waals surface area contributed by atoms with Crippen LogP contribution >= 0.6 is 35.0 Å². The number of amides is 1. The van der Waals surface area contributed by atoms with Gasteiger partial charge in [-0.2, -0.15) is 0 Å². The fourth-order valence-electron chi connectivity index (χ4n) is 3.24. The lowest BCUT2D eigenvalue weighted by Crippen LogP contribution is -2.33. The maximum atomic E-state index is 12.2. The van der Waals surface area contributed by atoms with Gasteiger partial charge >= 0.3 is 0 Å². The lowest BCUT2D eigenvalue weighted by atomic mass is 10.0. The summed E-state index contributed by atoms with van der Waals surface area (Å²) in [6, 6.07) is 6.09. The molecule has 2 heterocycles. The van der Waals surface area contributed by atoms with E-state index in [2.05, 4.69) is 44.2 Å². The Morgan fingerprint density at radius 1 is 1.38 bits per heavy atom. The monoisotopic (exact) mass is 421 g/mol. The maximum absolute atomic E-state index is 12.2. The van der Waals surface area contributed by atoms with E-state index < -0.39 is 0 Å². The van der Waals surface area contributed by atoms with Crippen LogP contribution in [0.25, 0.3) is 0 Å². The predicted molar refractivity (Wildman–Crippen MR) is 96.1 cm³/mol. The molecule has 3 rings (SSSR count). The minimum atomic E-state index is 0. The first-order valence-corrected chi connectivity index (χ1v) is 8.19. The molecule has 0 unspecified atom stereocenters. The van der Waals surface area contributed by atoms with Gasteiger partial charge in [0.15, 0.2) is 0 Å². The fourth-order valence-corrected chi connectivity index (χ4v) is 3.89. The van der Waals surface area contributed by atoms with Crippen molar-refractivity contribution < 1.29 is 4.79 Å². The Labute approximate surface area is 145 Å². The molecule has 1 aromatic carbocycles. The molecule has 6 heteroatoms. The first-order valence-electron chi connectivity index (χ1n) is 7.11. The third-order valence-corrected chi connectivity index (χ3v) is 4.97. The smallest absolute Gasteiger partial charge is 0.238 e. The van der Waals surface area contributed by atoms with E-state index in [-0.39, 0.29) is 18.3 Å². The van der Waals surface area contributed by atoms with E-state index >= 15 is 0 Å². The van der Waals surface area contributed by atoms with Gasteiger partial charge in [0.25, 0.3) is 0 Å². The summed E-state index contributed by atoms with van der Waals surface area (Å²) in [5.41, 5.74) is 2.05. The number of fused-ring (bicyclic) bond motifs is 1. The van der Waals surface area contributed by atoms with Crippen LogP contribution < -0.4 is 10.6 Å². The van der Waals surface area contributed by atoms with Gasteiger partial charge in [-0.3, -0.25) is 9.69 Å². The predicted octanol–water partition coefficient (Wildman–Crippen LogP) is 2.11. The molecule has 0 saturated carbocycles. The SMILES string of the molecule is Cc1cc(I)ccc1NC(=O)CN1C[C@H]2CNC[C@H]2C1.Cl. The number of hydrogen-bond donors (Lipinski definition) is 2. The summed E-state index contributed by atoms with van der Waals surface area (Å²) in [4.78, 5) is 14.4. The molecule has 21 heavy (non-hydrogen) atoms. The van der Waals surface area contributed by atoms with Gasteiger partial charge in [-0.25, -0.2) is 0 Å². The van der Waals surface area contributed by atoms with E-state index in [0.717, 1.165) is 49.3 Å². The van der Waals surface area contributed by atoms with Gasteiger partial charge in [-0.1, -0.05) is 0 Å². The Morgan fingerprint density at radius 3 is 2.67 bits per heavy atom. The third kappa shape index (κ3) is 4.09. The number of hydrogen-bond acceptors (Lipinski definition) is 3. The largest absolute Gasteiger partial charge is 0.325 e. The van der Waals surface area contributed by atoms with Crippen LogP contribution in [0.2, 0.25) is 0 Å². The summed E-state index contributed by atoms with van der Waals surface area (Å²) in [6.45, 7) is 6.87. The van der Waals surface area contributed by atoms with Crippen molar-refractivity contribution in [3.8, 4) is 0 Å². The van der Waals surface area contributed by atoms with Crippen LogP contribution in [0.3, 0.4) is 0 Å². The Balaban J connectivity index is 0.00000161. The van der Waals surface area contributed by atoms with E-state index in [9.17, 15) is 4.79 Å². The Bertz CT molecular complexity index is 514. The van der Waals surface area contributed by atoms with Gasteiger partial charge < -0.3 is 10.6 Å². The number of likely N-dealkylation sites (tertiary alicyclic amines) is 1. The second-order valence-corrected chi connectivity index (χ2v) is 7.13. The summed E-state index contributed by atoms with van der Waals surface area (Å²) in [6.07, 6.45) is 0. The molecule has 2 saturated heterocycles. The third-order valence-electron chi connectivity index (χ3n) is 4.29. The van der Waals surface area contributed by atoms with Crippen molar-refractivity contribution in [1.82, 2.24) is 10.2 Å². The van der Waals surface area contributed by atoms with Gasteiger partial charge in [0.05, 0.1) is 6.54 Å². The minimum Gasteiger partial charge on any atom is -0.325 e. The van der Waals surface area contributed by atoms with E-state index in [1.54, 1.807) is 0 Å². The average molecular weight is 422 g/mol. The molecule has 2 fully saturated rings. The number of aryl methyl sites for hydroxylation is 1. The highest BCUT2D eigenvalue weighted by Gasteiger charge is 2.36. The molecule has 0 bridgehead atoms. The van der Waals surface area contributed by atoms with Crippen LogP contribution in [0.15, 0.2) is 18.2 Å². The second kappa shape index (κ2) is 7.26. The summed E-state index contributed by atoms with van der Waals surface area (Å²) in [5.74, 6) is 1.58. The zero-order valence-electron chi connectivity index (χ0n) is 12.1. The molecule has 0 aromatic heterocycles. The maximum Gasteiger partial charge on any atom is 0.238 e. The highest BCUT2D eigenvalue weighted by Crippen LogP contribution is 2.26. The molecule has 2 aliphatic heterocycles. The standard InChI is InChI=1S/C15H20IN3O.ClH/c1-10-4-13(16)2-3-14(10)18-15(20)9-19-7-11-5-17-6-12(11)8-19;/h2-4,11-12,17H,5-9H2,1H3,(H,18,20);1H/t11-,12+;. The van der Waals surface area contributed by atoms with Gasteiger partial charge in [-0.15, -0.1) is 12.4 Å². The molecule has 1 amide bonds. The summed E-state index contributed by atoms with van der Waals surface area (Å²) in [7, 11) is 0. The van der Waals surface area contributed by atoms with E-state index in [1.165, 1.54) is 3.57 Å². The number of benzene rings is 1. The molecule has 0 radical (unpaired) electrons. The van der Waals surface area contributed by atoms with Crippen LogP contribution in [0, 0.1) is 22.3 Å². The normalized spacial score (nSPS) is 24.5. The fraction of sp³-hybridized carbons (Fsp3) is 0.533. The van der Waals surface area contributed by atoms with E-state index in [4.69, 9.17) is 0 Å². The van der Waals surface area contributed by atoms with Crippen molar-refractivity contribution in [2.75, 3.05) is 38.0 Å². The lowest BCUT2D eigenvalue weighted by molar-refractivity contribution is -0.117. The summed E-state index contributed by atoms with van der Waals surface area (Å²) >= 11 is 2.28. The number of carbonyl (C=O) groups is 1. The Morgan fingerprint density at radius 2 is 2.05 bits per heavy atom. The molecule has 116 valence electrons. The molecule has 0 aliphatic carbocycles. The average Bonchev–Trinajstić information content (AvgIpc) is 2.93. The molecule has 4 nitrogen and oxygen atoms in total. The molecule has 2 aliphatic rings. The molecular formula is C15H21ClIN3O. The van der Waals surface area contributed by atoms with Crippen molar-refractivity contribution in [1.29, 1.82) is 0 Å². The van der Waals surface area contributed by atoms with Gasteiger partial charge in [0.1, 0.15) is 0 Å². The van der Waals surface area contributed by atoms with Crippen molar-refractivity contribution >= 4 is 46.6 Å². The first-order chi connectivity index (χ1) is 9.61.